The first-order chi connectivity index (χ1) is 34.6. The van der Waals surface area contributed by atoms with Gasteiger partial charge in [0.05, 0.1) is 43.8 Å². The summed E-state index contributed by atoms with van der Waals surface area (Å²) >= 11 is 2.98. The molecule has 0 radical (unpaired) electrons. The van der Waals surface area contributed by atoms with E-state index in [-0.39, 0.29) is 67.6 Å². The van der Waals surface area contributed by atoms with Crippen LogP contribution in [0.1, 0.15) is 73.6 Å². The summed E-state index contributed by atoms with van der Waals surface area (Å²) in [5.74, 6) is -3.22. The van der Waals surface area contributed by atoms with Crippen molar-refractivity contribution in [2.45, 2.75) is 89.1 Å². The van der Waals surface area contributed by atoms with Crippen LogP contribution in [0.5, 0.6) is 0 Å². The van der Waals surface area contributed by atoms with E-state index in [1.54, 1.807) is 36.4 Å². The number of amides is 5. The zero-order chi connectivity index (χ0) is 51.2. The quantitative estimate of drug-likeness (QED) is 0.0491. The molecule has 382 valence electrons. The Morgan fingerprint density at radius 2 is 1.47 bits per heavy atom. The van der Waals surface area contributed by atoms with E-state index in [1.807, 2.05) is 67.6 Å². The number of Topliss-reactive ketones (excluding diaryl/α,β-unsaturated/α-hetero) is 1. The molecule has 7 N–H and O–H groups in total. The van der Waals surface area contributed by atoms with Crippen LogP contribution in [0.2, 0.25) is 0 Å². The number of ether oxygens (including phenoxy) is 3. The van der Waals surface area contributed by atoms with Crippen molar-refractivity contribution in [3.63, 3.8) is 0 Å². The van der Waals surface area contributed by atoms with Crippen molar-refractivity contribution >= 4 is 57.0 Å². The molecule has 1 saturated heterocycles. The van der Waals surface area contributed by atoms with Gasteiger partial charge in [-0.25, -0.2) is 0 Å². The monoisotopic (exact) mass is 1050 g/mol. The van der Waals surface area contributed by atoms with Crippen molar-refractivity contribution < 1.29 is 58.0 Å². The highest BCUT2D eigenvalue weighted by Crippen LogP contribution is 2.70. The Hall–Kier alpha value is -5.89. The molecule has 0 spiro atoms. The van der Waals surface area contributed by atoms with Gasteiger partial charge < -0.3 is 51.0 Å². The maximum Gasteiger partial charge on any atom is 0.243 e. The van der Waals surface area contributed by atoms with Gasteiger partial charge >= 0.3 is 0 Å². The minimum absolute atomic E-state index is 0.00321. The van der Waals surface area contributed by atoms with Crippen LogP contribution in [0.25, 0.3) is 0 Å². The topological polar surface area (TPSA) is 248 Å². The third-order valence-electron chi connectivity index (χ3n) is 15.5. The number of rotatable bonds is 20. The zero-order valence-electron chi connectivity index (χ0n) is 40.3. The van der Waals surface area contributed by atoms with E-state index in [0.29, 0.717) is 19.3 Å². The number of ketones is 2. The lowest BCUT2D eigenvalue weighted by molar-refractivity contribution is -0.201. The van der Waals surface area contributed by atoms with E-state index in [1.165, 1.54) is 0 Å². The maximum absolute atomic E-state index is 14.0. The average molecular weight is 1050 g/mol. The summed E-state index contributed by atoms with van der Waals surface area (Å²) in [4.78, 5) is 88.1. The number of nitrogens with one attached hydrogen (secondary N) is 5. The van der Waals surface area contributed by atoms with Crippen molar-refractivity contribution in [1.29, 1.82) is 0 Å². The largest absolute Gasteiger partial charge is 0.393 e. The normalized spacial score (nSPS) is 28.2. The van der Waals surface area contributed by atoms with Crippen LogP contribution in [0, 0.1) is 28.6 Å². The van der Waals surface area contributed by atoms with E-state index in [0.717, 1.165) is 46.2 Å². The molecule has 0 aromatic heterocycles. The van der Waals surface area contributed by atoms with E-state index in [4.69, 9.17) is 14.2 Å². The lowest BCUT2D eigenvalue weighted by Crippen LogP contribution is -2.63. The Labute approximate surface area is 426 Å². The third kappa shape index (κ3) is 11.0. The van der Waals surface area contributed by atoms with Crippen LogP contribution in [0.3, 0.4) is 0 Å². The van der Waals surface area contributed by atoms with Crippen LogP contribution < -0.4 is 26.6 Å². The molecule has 5 amide bonds. The minimum Gasteiger partial charge on any atom is -0.393 e. The fourth-order valence-electron chi connectivity index (χ4n) is 12.0. The molecule has 5 aliphatic rings. The first kappa shape index (κ1) is 52.4. The maximum atomic E-state index is 14.0. The van der Waals surface area contributed by atoms with Crippen molar-refractivity contribution in [3.05, 3.63) is 130 Å². The highest BCUT2D eigenvalue weighted by atomic mass is 79.9. The first-order valence-corrected chi connectivity index (χ1v) is 25.5. The van der Waals surface area contributed by atoms with Crippen LogP contribution in [-0.2, 0) is 67.2 Å². The number of aliphatic hydroxyl groups is 2. The predicted octanol–water partition coefficient (Wildman–Crippen LogP) is 2.94. The van der Waals surface area contributed by atoms with Crippen molar-refractivity contribution in [2.75, 3.05) is 38.3 Å². The van der Waals surface area contributed by atoms with Crippen LogP contribution in [0.15, 0.2) is 103 Å². The molecule has 18 heteroatoms. The van der Waals surface area contributed by atoms with Crippen molar-refractivity contribution in [2.24, 2.45) is 28.6 Å². The molecule has 3 aromatic carbocycles. The molecule has 1 heterocycles. The van der Waals surface area contributed by atoms with Gasteiger partial charge in [0.2, 0.25) is 29.5 Å². The second-order valence-electron chi connectivity index (χ2n) is 19.9. The Morgan fingerprint density at radius 1 is 0.819 bits per heavy atom. The Morgan fingerprint density at radius 3 is 2.18 bits per heavy atom. The molecule has 8 rings (SSSR count). The number of aliphatic hydroxyl groups excluding tert-OH is 2. The number of hydrogen-bond acceptors (Lipinski definition) is 12. The average Bonchev–Trinajstić information content (AvgIpc) is 3.88. The van der Waals surface area contributed by atoms with E-state index >= 15 is 0 Å². The van der Waals surface area contributed by atoms with E-state index < -0.39 is 83.5 Å². The van der Waals surface area contributed by atoms with E-state index in [9.17, 15) is 43.8 Å². The molecule has 10 atom stereocenters. The molecule has 1 aliphatic heterocycles. The zero-order valence-corrected chi connectivity index (χ0v) is 41.9. The van der Waals surface area contributed by atoms with Crippen LogP contribution in [0.4, 0.5) is 0 Å². The number of carbonyl (C=O) groups is 7. The number of halogens is 1. The fourth-order valence-corrected chi connectivity index (χ4v) is 12.2. The highest BCUT2D eigenvalue weighted by molar-refractivity contribution is 9.09. The first-order valence-electron chi connectivity index (χ1n) is 24.4. The van der Waals surface area contributed by atoms with Gasteiger partial charge in [0.15, 0.2) is 23.5 Å². The summed E-state index contributed by atoms with van der Waals surface area (Å²) in [6.45, 7) is 2.42. The molecule has 4 aliphatic carbocycles. The molecule has 4 fully saturated rings. The smallest absolute Gasteiger partial charge is 0.243 e. The molecule has 3 aromatic rings. The number of allylic oxidation sites excluding steroid dienone is 4. The van der Waals surface area contributed by atoms with Gasteiger partial charge in [-0.05, 0) is 78.3 Å². The summed E-state index contributed by atoms with van der Waals surface area (Å²) in [6, 6.07) is 23.7. The summed E-state index contributed by atoms with van der Waals surface area (Å²) in [5.41, 5.74) is 2.85. The summed E-state index contributed by atoms with van der Waals surface area (Å²) < 4.78 is 19.1. The van der Waals surface area contributed by atoms with Gasteiger partial charge in [0.1, 0.15) is 19.4 Å². The number of carbonyl (C=O) groups excluding carboxylic acids is 7. The van der Waals surface area contributed by atoms with Crippen LogP contribution >= 0.6 is 15.9 Å². The number of fused-ring (bicyclic) bond motifs is 7. The predicted molar refractivity (Wildman–Crippen MR) is 265 cm³/mol. The van der Waals surface area contributed by atoms with Gasteiger partial charge in [0, 0.05) is 28.7 Å². The molecule has 72 heavy (non-hydrogen) atoms. The van der Waals surface area contributed by atoms with Gasteiger partial charge in [-0.2, -0.15) is 0 Å². The van der Waals surface area contributed by atoms with Crippen molar-refractivity contribution in [3.8, 4) is 0 Å². The number of benzene rings is 3. The van der Waals surface area contributed by atoms with Gasteiger partial charge in [0.25, 0.3) is 0 Å². The second kappa shape index (κ2) is 22.5. The molecular weight excluding hydrogens is 991 g/mol. The Balaban J connectivity index is 0.787. The minimum atomic E-state index is -1.43. The molecule has 3 saturated carbocycles. The summed E-state index contributed by atoms with van der Waals surface area (Å²) in [7, 11) is 0. The lowest BCUT2D eigenvalue weighted by atomic mass is 9.46. The van der Waals surface area contributed by atoms with Crippen LogP contribution in [-0.4, -0.2) is 113 Å². The SMILES string of the molecule is C[C@]12C=CC(=O)C=C1CC[C@@H]1[C@@H]2[C@@H](O)C[C@@]2(C)[C@H]1C[C@H]1O[C@@H](c3ccc(Cc4ccc(COCNC(=O)CNC(=O)[C@H](Cc5ccccc5)NC(=O)CNC(=O)CNC(=O)CBr)cc4)cc3)O[C@]12C(=O)CO. The van der Waals surface area contributed by atoms with Gasteiger partial charge in [-0.3, -0.25) is 33.6 Å². The van der Waals surface area contributed by atoms with Gasteiger partial charge in [-0.1, -0.05) is 120 Å². The summed E-state index contributed by atoms with van der Waals surface area (Å²) in [5, 5.41) is 34.9. The third-order valence-corrected chi connectivity index (χ3v) is 16.0. The second-order valence-corrected chi connectivity index (χ2v) is 20.4. The fraction of sp³-hybridized carbons (Fsp3) is 0.463. The molecule has 0 bridgehead atoms. The Kier molecular flexibility index (Phi) is 16.4. The Bertz CT molecular complexity index is 2590. The standard InChI is InChI=1S/C54H62BrN5O12/c1-52-19-18-38(62)22-37(52)16-17-39-40-23-44-54(43(64)29-61,53(40,2)24-42(63)49(39)52)72-51(71-44)36-14-12-34(13-15-36)20-33-8-10-35(11-9-33)30-70-31-59-47(67)27-58-50(69)41(21-32-6-4-3-5-7-32)60-48(68)28-57-46(66)26-56-45(65)25-55/h3-15,18-19,22,39-42,44,49,51,61,63H,16-17,20-21,23-31H2,1-2H3,(H,56,65)(H,57,66)(H,58,69)(H,59,67)(H,60,68)/t39-,40-,41-,42-,44+,49+,51+,52-,53-,54+/m0/s1. The van der Waals surface area contributed by atoms with Crippen molar-refractivity contribution in [1.82, 2.24) is 26.6 Å². The lowest BCUT2D eigenvalue weighted by Gasteiger charge is -2.59. The van der Waals surface area contributed by atoms with Gasteiger partial charge in [-0.15, -0.1) is 0 Å². The molecular formula is C54H62BrN5O12. The molecule has 0 unspecified atom stereocenters. The summed E-state index contributed by atoms with van der Waals surface area (Å²) in [6.07, 6.45) is 6.26. The molecule has 17 nitrogen and oxygen atoms in total. The number of alkyl halides is 1. The number of hydrogen-bond donors (Lipinski definition) is 7. The highest BCUT2D eigenvalue weighted by Gasteiger charge is 2.76. The van der Waals surface area contributed by atoms with E-state index in [2.05, 4.69) is 49.4 Å².